The molecule has 3 aromatic carbocycles. The molecule has 0 fully saturated rings. The van der Waals surface area contributed by atoms with E-state index in [2.05, 4.69) is 15.5 Å². The van der Waals surface area contributed by atoms with E-state index in [4.69, 9.17) is 14.6 Å². The van der Waals surface area contributed by atoms with E-state index in [0.29, 0.717) is 28.7 Å². The van der Waals surface area contributed by atoms with Crippen molar-refractivity contribution in [2.24, 2.45) is 5.10 Å². The fraction of sp³-hybridized carbons (Fsp3) is 0.206. The molecule has 10 nitrogen and oxygen atoms in total. The van der Waals surface area contributed by atoms with Crippen molar-refractivity contribution in [1.82, 2.24) is 25.1 Å². The van der Waals surface area contributed by atoms with Gasteiger partial charge in [-0.25, -0.2) is 5.01 Å². The monoisotopic (exact) mass is 652 g/mol. The molecule has 46 heavy (non-hydrogen) atoms. The van der Waals surface area contributed by atoms with Gasteiger partial charge in [0, 0.05) is 12.1 Å². The number of ether oxygens (including phenoxy) is 2. The summed E-state index contributed by atoms with van der Waals surface area (Å²) in [6, 6.07) is 26.5. The fourth-order valence-corrected chi connectivity index (χ4v) is 6.78. The molecule has 0 aliphatic carbocycles. The highest BCUT2D eigenvalue weighted by Gasteiger charge is 2.34. The zero-order valence-electron chi connectivity index (χ0n) is 25.5. The molecule has 234 valence electrons. The summed E-state index contributed by atoms with van der Waals surface area (Å²) >= 11 is 2.89. The average molecular weight is 653 g/mol. The maximum absolute atomic E-state index is 13.8. The van der Waals surface area contributed by atoms with Crippen LogP contribution in [0.1, 0.15) is 44.6 Å². The summed E-state index contributed by atoms with van der Waals surface area (Å²) in [7, 11) is 3.16. The number of hydrazone groups is 1. The Hall–Kier alpha value is -4.94. The van der Waals surface area contributed by atoms with Gasteiger partial charge in [-0.2, -0.15) is 5.10 Å². The van der Waals surface area contributed by atoms with E-state index < -0.39 is 0 Å². The molecular weight excluding hydrogens is 621 g/mol. The van der Waals surface area contributed by atoms with Crippen LogP contribution in [0.5, 0.6) is 11.5 Å². The van der Waals surface area contributed by atoms with Crippen LogP contribution in [0.4, 0.5) is 0 Å². The summed E-state index contributed by atoms with van der Waals surface area (Å²) in [5, 5.41) is 20.7. The minimum absolute atomic E-state index is 0.0887. The molecule has 2 amide bonds. The Morgan fingerprint density at radius 3 is 2.54 bits per heavy atom. The molecule has 12 heteroatoms. The van der Waals surface area contributed by atoms with E-state index in [0.717, 1.165) is 33.2 Å². The van der Waals surface area contributed by atoms with Crippen LogP contribution in [0.15, 0.2) is 101 Å². The van der Waals surface area contributed by atoms with Crippen molar-refractivity contribution in [3.05, 3.63) is 118 Å². The second-order valence-electron chi connectivity index (χ2n) is 10.5. The summed E-state index contributed by atoms with van der Waals surface area (Å²) < 4.78 is 12.6. The number of hydrogen-bond acceptors (Lipinski definition) is 9. The lowest BCUT2D eigenvalue weighted by molar-refractivity contribution is -0.130. The van der Waals surface area contributed by atoms with Gasteiger partial charge >= 0.3 is 0 Å². The number of amides is 2. The number of thiophene rings is 1. The quantitative estimate of drug-likeness (QED) is 0.173. The fourth-order valence-electron chi connectivity index (χ4n) is 5.23. The number of nitrogens with one attached hydrogen (secondary N) is 1. The third-order valence-corrected chi connectivity index (χ3v) is 9.35. The third kappa shape index (κ3) is 6.68. The first kappa shape index (κ1) is 31.1. The zero-order valence-corrected chi connectivity index (χ0v) is 27.2. The lowest BCUT2D eigenvalue weighted by atomic mass is 10.0. The maximum atomic E-state index is 13.8. The summed E-state index contributed by atoms with van der Waals surface area (Å²) in [6.45, 7) is 2.12. The molecule has 1 aliphatic rings. The molecule has 0 spiro atoms. The topological polar surface area (TPSA) is 111 Å². The number of aromatic nitrogens is 3. The average Bonchev–Trinajstić information content (AvgIpc) is 3.86. The molecule has 0 radical (unpaired) electrons. The van der Waals surface area contributed by atoms with Gasteiger partial charge in [-0.05, 0) is 65.9 Å². The second-order valence-corrected chi connectivity index (χ2v) is 12.4. The van der Waals surface area contributed by atoms with Gasteiger partial charge in [0.15, 0.2) is 11.0 Å². The van der Waals surface area contributed by atoms with Gasteiger partial charge < -0.3 is 14.8 Å². The Labute approximate surface area is 275 Å². The van der Waals surface area contributed by atoms with Crippen molar-refractivity contribution in [3.8, 4) is 17.2 Å². The number of carbonyl (C=O) groups excluding carboxylic acids is 2. The lowest BCUT2D eigenvalue weighted by Gasteiger charge is -2.22. The van der Waals surface area contributed by atoms with Crippen LogP contribution >= 0.6 is 23.1 Å². The van der Waals surface area contributed by atoms with Crippen molar-refractivity contribution in [2.45, 2.75) is 31.1 Å². The smallest absolute Gasteiger partial charge is 0.255 e. The number of carbonyl (C=O) groups is 2. The first-order valence-electron chi connectivity index (χ1n) is 14.6. The van der Waals surface area contributed by atoms with Crippen LogP contribution in [0.2, 0.25) is 0 Å². The van der Waals surface area contributed by atoms with Gasteiger partial charge in [0.1, 0.15) is 11.5 Å². The Morgan fingerprint density at radius 2 is 1.80 bits per heavy atom. The minimum atomic E-state index is -0.293. The van der Waals surface area contributed by atoms with Crippen molar-refractivity contribution in [2.75, 3.05) is 20.0 Å². The predicted octanol–water partition coefficient (Wildman–Crippen LogP) is 6.05. The van der Waals surface area contributed by atoms with Crippen molar-refractivity contribution in [3.63, 3.8) is 0 Å². The summed E-state index contributed by atoms with van der Waals surface area (Å²) in [6.07, 6.45) is 0.610. The zero-order chi connectivity index (χ0) is 32.0. The number of benzene rings is 3. The number of aryl methyl sites for hydroxylation is 1. The normalized spacial score (nSPS) is 14.2. The van der Waals surface area contributed by atoms with Crippen molar-refractivity contribution >= 4 is 40.6 Å². The Morgan fingerprint density at radius 1 is 0.978 bits per heavy atom. The third-order valence-electron chi connectivity index (χ3n) is 7.52. The molecule has 2 aromatic heterocycles. The highest BCUT2D eigenvalue weighted by atomic mass is 32.2. The highest BCUT2D eigenvalue weighted by molar-refractivity contribution is 7.99. The molecule has 0 bridgehead atoms. The van der Waals surface area contributed by atoms with E-state index in [1.54, 1.807) is 41.7 Å². The molecule has 1 aliphatic heterocycles. The summed E-state index contributed by atoms with van der Waals surface area (Å²) in [5.41, 5.74) is 4.16. The number of hydrogen-bond donors (Lipinski definition) is 1. The first-order valence-corrected chi connectivity index (χ1v) is 16.4. The van der Waals surface area contributed by atoms with E-state index in [-0.39, 0.29) is 30.2 Å². The Kier molecular flexibility index (Phi) is 9.46. The Balaban J connectivity index is 1.24. The van der Waals surface area contributed by atoms with Crippen LogP contribution in [0.25, 0.3) is 5.69 Å². The molecule has 1 atom stereocenters. The molecule has 5 aromatic rings. The first-order chi connectivity index (χ1) is 22.4. The van der Waals surface area contributed by atoms with Crippen LogP contribution in [-0.2, 0) is 11.3 Å². The van der Waals surface area contributed by atoms with Gasteiger partial charge in [-0.3, -0.25) is 14.2 Å². The molecule has 1 N–H and O–H groups in total. The lowest BCUT2D eigenvalue weighted by Crippen LogP contribution is -2.28. The summed E-state index contributed by atoms with van der Waals surface area (Å²) in [4.78, 5) is 27.9. The molecule has 0 saturated carbocycles. The second kappa shape index (κ2) is 14.0. The van der Waals surface area contributed by atoms with Gasteiger partial charge in [0.2, 0.25) is 0 Å². The van der Waals surface area contributed by atoms with Crippen molar-refractivity contribution in [1.29, 1.82) is 0 Å². The molecule has 3 heterocycles. The predicted molar refractivity (Wildman–Crippen MR) is 179 cm³/mol. The van der Waals surface area contributed by atoms with Gasteiger partial charge in [0.05, 0.1) is 48.7 Å². The molecular formula is C34H32N6O4S2. The maximum Gasteiger partial charge on any atom is 0.255 e. The number of para-hydroxylation sites is 1. The van der Waals surface area contributed by atoms with Crippen molar-refractivity contribution < 1.29 is 19.1 Å². The standard InChI is InChI=1S/C34H32N6O4S2/c1-22-8-6-9-24(18-22)39-31(20-35-33(42)26-10-4-5-11-29(26)44-3)36-37-34(39)46-21-32(41)40-28(23-13-15-25(43-2)16-14-23)19-27(38-40)30-12-7-17-45-30/h4-18,28H,19-21H2,1-3H3,(H,35,42)/t28-/m1/s1. The van der Waals surface area contributed by atoms with E-state index >= 15 is 0 Å². The van der Waals surface area contributed by atoms with Gasteiger partial charge in [0.25, 0.3) is 11.8 Å². The number of nitrogens with zero attached hydrogens (tertiary/aromatic N) is 5. The molecule has 0 saturated heterocycles. The minimum Gasteiger partial charge on any atom is -0.497 e. The number of thioether (sulfide) groups is 1. The van der Waals surface area contributed by atoms with Crippen LogP contribution in [0, 0.1) is 6.92 Å². The van der Waals surface area contributed by atoms with E-state index in [9.17, 15) is 9.59 Å². The summed E-state index contributed by atoms with van der Waals surface area (Å²) in [5.74, 6) is 1.40. The highest BCUT2D eigenvalue weighted by Crippen LogP contribution is 2.35. The molecule has 6 rings (SSSR count). The largest absolute Gasteiger partial charge is 0.497 e. The van der Waals surface area contributed by atoms with E-state index in [1.807, 2.05) is 83.6 Å². The van der Waals surface area contributed by atoms with Crippen LogP contribution in [0.3, 0.4) is 0 Å². The number of methoxy groups -OCH3 is 2. The van der Waals surface area contributed by atoms with Crippen LogP contribution < -0.4 is 14.8 Å². The molecule has 0 unspecified atom stereocenters. The Bertz CT molecular complexity index is 1870. The van der Waals surface area contributed by atoms with E-state index in [1.165, 1.54) is 18.9 Å². The van der Waals surface area contributed by atoms with Crippen LogP contribution in [-0.4, -0.2) is 57.3 Å². The van der Waals surface area contributed by atoms with Gasteiger partial charge in [-0.1, -0.05) is 54.2 Å². The van der Waals surface area contributed by atoms with Gasteiger partial charge in [-0.15, -0.1) is 21.5 Å². The SMILES string of the molecule is COc1ccc([C@H]2CC(c3cccs3)=NN2C(=O)CSc2nnc(CNC(=O)c3ccccc3OC)n2-c2cccc(C)c2)cc1. The number of rotatable bonds is 11.